The highest BCUT2D eigenvalue weighted by Gasteiger charge is 2.40. The quantitative estimate of drug-likeness (QED) is 0.399. The molecule has 0 aromatic carbocycles. The fourth-order valence-electron chi connectivity index (χ4n) is 3.54. The highest BCUT2D eigenvalue weighted by molar-refractivity contribution is 4.88. The molecule has 2 rings (SSSR count). The lowest BCUT2D eigenvalue weighted by Gasteiger charge is -2.18. The van der Waals surface area contributed by atoms with Crippen LogP contribution < -0.4 is 0 Å². The lowest BCUT2D eigenvalue weighted by atomic mass is 10.0. The van der Waals surface area contributed by atoms with E-state index in [9.17, 15) is 5.11 Å². The van der Waals surface area contributed by atoms with Crippen LogP contribution in [0.4, 0.5) is 0 Å². The first-order valence-electron chi connectivity index (χ1n) is 9.76. The van der Waals surface area contributed by atoms with Crippen LogP contribution in [0.15, 0.2) is 0 Å². The number of aliphatic hydroxyl groups is 1. The van der Waals surface area contributed by atoms with Gasteiger partial charge in [-0.3, -0.25) is 0 Å². The highest BCUT2D eigenvalue weighted by atomic mass is 16.6. The van der Waals surface area contributed by atoms with Crippen LogP contribution >= 0.6 is 0 Å². The van der Waals surface area contributed by atoms with Gasteiger partial charge in [0, 0.05) is 0 Å². The molecule has 4 atom stereocenters. The van der Waals surface area contributed by atoms with E-state index in [4.69, 9.17) is 9.47 Å². The Bertz CT molecular complexity index is 278. The Balaban J connectivity index is 1.37. The lowest BCUT2D eigenvalue weighted by Crippen LogP contribution is -2.27. The molecule has 2 aliphatic heterocycles. The van der Waals surface area contributed by atoms with Crippen molar-refractivity contribution in [2.45, 2.75) is 115 Å². The van der Waals surface area contributed by atoms with Gasteiger partial charge in [0.15, 0.2) is 0 Å². The van der Waals surface area contributed by atoms with Crippen LogP contribution in [0.3, 0.4) is 0 Å². The van der Waals surface area contributed by atoms with Crippen LogP contribution in [-0.2, 0) is 9.47 Å². The molecule has 0 unspecified atom stereocenters. The number of epoxide rings is 1. The number of unbranched alkanes of at least 4 members (excludes halogenated alkanes) is 9. The minimum absolute atomic E-state index is 0.0627. The summed E-state index contributed by atoms with van der Waals surface area (Å²) in [7, 11) is 0. The summed E-state index contributed by atoms with van der Waals surface area (Å²) in [5.41, 5.74) is 0. The second-order valence-electron chi connectivity index (χ2n) is 7.20. The van der Waals surface area contributed by atoms with Gasteiger partial charge in [0.1, 0.15) is 6.10 Å². The van der Waals surface area contributed by atoms with Crippen molar-refractivity contribution in [2.75, 3.05) is 6.61 Å². The topological polar surface area (TPSA) is 42.0 Å². The normalized spacial score (nSPS) is 28.9. The van der Waals surface area contributed by atoms with Crippen molar-refractivity contribution >= 4 is 0 Å². The predicted molar refractivity (Wildman–Crippen MR) is 90.1 cm³/mol. The van der Waals surface area contributed by atoms with Crippen molar-refractivity contribution in [3.63, 3.8) is 0 Å². The third kappa shape index (κ3) is 6.97. The number of aliphatic hydroxyl groups excluding tert-OH is 1. The maximum absolute atomic E-state index is 10.2. The summed E-state index contributed by atoms with van der Waals surface area (Å²) in [5.74, 6) is 0. The van der Waals surface area contributed by atoms with Gasteiger partial charge in [-0.05, 0) is 19.3 Å². The lowest BCUT2D eigenvalue weighted by molar-refractivity contribution is -0.0443. The van der Waals surface area contributed by atoms with Gasteiger partial charge in [-0.1, -0.05) is 71.1 Å². The molecule has 2 aliphatic rings. The van der Waals surface area contributed by atoms with Gasteiger partial charge < -0.3 is 14.6 Å². The Morgan fingerprint density at radius 1 is 0.864 bits per heavy atom. The van der Waals surface area contributed by atoms with E-state index in [0.717, 1.165) is 32.3 Å². The number of hydrogen-bond donors (Lipinski definition) is 1. The summed E-state index contributed by atoms with van der Waals surface area (Å²) >= 11 is 0. The van der Waals surface area contributed by atoms with Gasteiger partial charge >= 0.3 is 0 Å². The molecule has 0 spiro atoms. The summed E-state index contributed by atoms with van der Waals surface area (Å²) < 4.78 is 11.2. The SMILES string of the molecule is CCCCCCCCCCCC[C@H](O)[C@@H]1CC[C@H]([C@@H]2CO2)O1. The molecule has 3 nitrogen and oxygen atoms in total. The zero-order valence-electron chi connectivity index (χ0n) is 14.5. The molecule has 3 heteroatoms. The number of ether oxygens (including phenoxy) is 2. The van der Waals surface area contributed by atoms with Crippen LogP contribution in [-0.4, -0.2) is 36.1 Å². The molecular formula is C19H36O3. The number of rotatable bonds is 13. The predicted octanol–water partition coefficient (Wildman–Crippen LogP) is 4.60. The second-order valence-corrected chi connectivity index (χ2v) is 7.20. The standard InChI is InChI=1S/C19H36O3/c1-2-3-4-5-6-7-8-9-10-11-12-16(20)17-13-14-18(22-17)19-15-21-19/h16-20H,2-15H2,1H3/t16-,17-,18+,19-/m0/s1. The average molecular weight is 312 g/mol. The molecule has 0 amide bonds. The monoisotopic (exact) mass is 312 g/mol. The third-order valence-corrected chi connectivity index (χ3v) is 5.14. The minimum atomic E-state index is -0.266. The highest BCUT2D eigenvalue weighted by Crippen LogP contribution is 2.31. The van der Waals surface area contributed by atoms with Gasteiger partial charge in [-0.15, -0.1) is 0 Å². The van der Waals surface area contributed by atoms with Gasteiger partial charge in [0.25, 0.3) is 0 Å². The summed E-state index contributed by atoms with van der Waals surface area (Å²) in [6.07, 6.45) is 16.8. The molecule has 0 aromatic rings. The van der Waals surface area contributed by atoms with Crippen molar-refractivity contribution in [3.05, 3.63) is 0 Å². The van der Waals surface area contributed by atoms with E-state index in [1.165, 1.54) is 57.8 Å². The maximum Gasteiger partial charge on any atom is 0.107 e. The molecule has 1 N–H and O–H groups in total. The van der Waals surface area contributed by atoms with Gasteiger partial charge in [-0.2, -0.15) is 0 Å². The van der Waals surface area contributed by atoms with E-state index in [2.05, 4.69) is 6.92 Å². The maximum atomic E-state index is 10.2. The van der Waals surface area contributed by atoms with E-state index < -0.39 is 0 Å². The molecule has 2 fully saturated rings. The molecule has 0 bridgehead atoms. The summed E-state index contributed by atoms with van der Waals surface area (Å²) in [6, 6.07) is 0. The van der Waals surface area contributed by atoms with Crippen LogP contribution in [0, 0.1) is 0 Å². The van der Waals surface area contributed by atoms with Crippen molar-refractivity contribution in [1.82, 2.24) is 0 Å². The fourth-order valence-corrected chi connectivity index (χ4v) is 3.54. The number of hydrogen-bond acceptors (Lipinski definition) is 3. The van der Waals surface area contributed by atoms with Crippen LogP contribution in [0.25, 0.3) is 0 Å². The molecule has 2 heterocycles. The van der Waals surface area contributed by atoms with Gasteiger partial charge in [0.05, 0.1) is 24.9 Å². The molecule has 0 saturated carbocycles. The summed E-state index contributed by atoms with van der Waals surface area (Å²) in [6.45, 7) is 3.12. The fraction of sp³-hybridized carbons (Fsp3) is 1.00. The Morgan fingerprint density at radius 2 is 1.45 bits per heavy atom. The first-order valence-corrected chi connectivity index (χ1v) is 9.76. The Morgan fingerprint density at radius 3 is 2.05 bits per heavy atom. The third-order valence-electron chi connectivity index (χ3n) is 5.14. The van der Waals surface area contributed by atoms with E-state index >= 15 is 0 Å². The molecule has 0 aliphatic carbocycles. The zero-order valence-corrected chi connectivity index (χ0v) is 14.5. The molecular weight excluding hydrogens is 276 g/mol. The van der Waals surface area contributed by atoms with Crippen LogP contribution in [0.2, 0.25) is 0 Å². The van der Waals surface area contributed by atoms with Crippen LogP contribution in [0.1, 0.15) is 90.4 Å². The Kier molecular flexibility index (Phi) is 8.79. The molecule has 0 aromatic heterocycles. The van der Waals surface area contributed by atoms with Crippen molar-refractivity contribution in [1.29, 1.82) is 0 Å². The van der Waals surface area contributed by atoms with Crippen molar-refractivity contribution < 1.29 is 14.6 Å². The summed E-state index contributed by atoms with van der Waals surface area (Å²) in [5, 5.41) is 10.2. The van der Waals surface area contributed by atoms with Gasteiger partial charge in [0.2, 0.25) is 0 Å². The first kappa shape index (κ1) is 18.2. The van der Waals surface area contributed by atoms with Crippen molar-refractivity contribution in [2.24, 2.45) is 0 Å². The minimum Gasteiger partial charge on any atom is -0.390 e. The van der Waals surface area contributed by atoms with E-state index in [1.54, 1.807) is 0 Å². The first-order chi connectivity index (χ1) is 10.8. The van der Waals surface area contributed by atoms with E-state index in [-0.39, 0.29) is 18.3 Å². The molecule has 130 valence electrons. The van der Waals surface area contributed by atoms with E-state index in [1.807, 2.05) is 0 Å². The average Bonchev–Trinajstić information content (AvgIpc) is 3.26. The smallest absolute Gasteiger partial charge is 0.107 e. The van der Waals surface area contributed by atoms with E-state index in [0.29, 0.717) is 6.10 Å². The van der Waals surface area contributed by atoms with Crippen molar-refractivity contribution in [3.8, 4) is 0 Å². The second kappa shape index (κ2) is 10.6. The molecule has 2 saturated heterocycles. The molecule has 0 radical (unpaired) electrons. The largest absolute Gasteiger partial charge is 0.390 e. The van der Waals surface area contributed by atoms with Crippen LogP contribution in [0.5, 0.6) is 0 Å². The van der Waals surface area contributed by atoms with Gasteiger partial charge in [-0.25, -0.2) is 0 Å². The summed E-state index contributed by atoms with van der Waals surface area (Å²) in [4.78, 5) is 0. The Labute approximate surface area is 136 Å². The zero-order chi connectivity index (χ0) is 15.6. The molecule has 22 heavy (non-hydrogen) atoms. The Hall–Kier alpha value is -0.120.